The highest BCUT2D eigenvalue weighted by molar-refractivity contribution is 5.04. The van der Waals surface area contributed by atoms with Crippen molar-refractivity contribution in [1.29, 1.82) is 0 Å². The summed E-state index contributed by atoms with van der Waals surface area (Å²) in [6.07, 6.45) is 1.94. The number of rotatable bonds is 3. The molecule has 0 aliphatic heterocycles. The zero-order chi connectivity index (χ0) is 10.8. The quantitative estimate of drug-likeness (QED) is 0.807. The normalized spacial score (nSPS) is 14.3. The SMILES string of the molecule is C[C@@H](Cc1nnc(N)o1)CC(C)(C)C. The molecule has 0 bridgehead atoms. The van der Waals surface area contributed by atoms with Crippen LogP contribution in [0.15, 0.2) is 4.42 Å². The van der Waals surface area contributed by atoms with Crippen molar-refractivity contribution in [2.45, 2.75) is 40.5 Å². The predicted molar refractivity (Wildman–Crippen MR) is 55.7 cm³/mol. The largest absolute Gasteiger partial charge is 0.408 e. The monoisotopic (exact) mass is 197 g/mol. The molecular formula is C10H19N3O. The lowest BCUT2D eigenvalue weighted by molar-refractivity contribution is 0.294. The third-order valence-electron chi connectivity index (χ3n) is 1.97. The minimum absolute atomic E-state index is 0.156. The van der Waals surface area contributed by atoms with Crippen LogP contribution in [-0.2, 0) is 6.42 Å². The second-order valence-electron chi connectivity index (χ2n) is 5.11. The van der Waals surface area contributed by atoms with Gasteiger partial charge in [0, 0.05) is 6.42 Å². The second kappa shape index (κ2) is 3.98. The van der Waals surface area contributed by atoms with Gasteiger partial charge in [0.25, 0.3) is 0 Å². The van der Waals surface area contributed by atoms with Crippen LogP contribution in [0.1, 0.15) is 40.0 Å². The number of nitrogen functional groups attached to an aromatic ring is 1. The fourth-order valence-corrected chi connectivity index (χ4v) is 1.76. The maximum atomic E-state index is 5.34. The van der Waals surface area contributed by atoms with Crippen molar-refractivity contribution >= 4 is 6.01 Å². The van der Waals surface area contributed by atoms with E-state index in [1.165, 1.54) is 0 Å². The average molecular weight is 197 g/mol. The van der Waals surface area contributed by atoms with E-state index >= 15 is 0 Å². The first-order valence-corrected chi connectivity index (χ1v) is 4.95. The molecule has 0 radical (unpaired) electrons. The Labute approximate surface area is 84.9 Å². The number of aromatic nitrogens is 2. The molecular weight excluding hydrogens is 178 g/mol. The van der Waals surface area contributed by atoms with Crippen molar-refractivity contribution in [3.05, 3.63) is 5.89 Å². The van der Waals surface area contributed by atoms with Crippen molar-refractivity contribution in [2.24, 2.45) is 11.3 Å². The minimum atomic E-state index is 0.156. The molecule has 0 spiro atoms. The highest BCUT2D eigenvalue weighted by atomic mass is 16.4. The summed E-state index contributed by atoms with van der Waals surface area (Å²) in [5.74, 6) is 1.18. The molecule has 0 unspecified atom stereocenters. The highest BCUT2D eigenvalue weighted by Crippen LogP contribution is 2.26. The summed E-state index contributed by atoms with van der Waals surface area (Å²) in [6.45, 7) is 8.87. The summed E-state index contributed by atoms with van der Waals surface area (Å²) in [6, 6.07) is 0.156. The van der Waals surface area contributed by atoms with Crippen LogP contribution in [0.3, 0.4) is 0 Å². The molecule has 1 heterocycles. The Morgan fingerprint density at radius 2 is 2.00 bits per heavy atom. The summed E-state index contributed by atoms with van der Waals surface area (Å²) in [4.78, 5) is 0. The van der Waals surface area contributed by atoms with E-state index in [1.54, 1.807) is 0 Å². The van der Waals surface area contributed by atoms with E-state index in [0.29, 0.717) is 17.2 Å². The van der Waals surface area contributed by atoms with Crippen LogP contribution < -0.4 is 5.73 Å². The Hall–Kier alpha value is -1.06. The molecule has 14 heavy (non-hydrogen) atoms. The molecule has 1 aromatic heterocycles. The van der Waals surface area contributed by atoms with Crippen molar-refractivity contribution in [1.82, 2.24) is 10.2 Å². The molecule has 0 saturated carbocycles. The van der Waals surface area contributed by atoms with Crippen LogP contribution in [-0.4, -0.2) is 10.2 Å². The number of nitrogens with two attached hydrogens (primary N) is 1. The Morgan fingerprint density at radius 1 is 1.36 bits per heavy atom. The fourth-order valence-electron chi connectivity index (χ4n) is 1.76. The zero-order valence-corrected chi connectivity index (χ0v) is 9.37. The predicted octanol–water partition coefficient (Wildman–Crippen LogP) is 2.27. The standard InChI is InChI=1S/C10H19N3O/c1-7(6-10(2,3)4)5-8-12-13-9(11)14-8/h7H,5-6H2,1-4H3,(H2,11,13)/t7-/m0/s1. The topological polar surface area (TPSA) is 64.9 Å². The van der Waals surface area contributed by atoms with E-state index < -0.39 is 0 Å². The van der Waals surface area contributed by atoms with E-state index in [2.05, 4.69) is 37.9 Å². The van der Waals surface area contributed by atoms with Gasteiger partial charge in [0.15, 0.2) is 0 Å². The second-order valence-corrected chi connectivity index (χ2v) is 5.11. The Balaban J connectivity index is 2.45. The molecule has 1 atom stereocenters. The van der Waals surface area contributed by atoms with E-state index in [-0.39, 0.29) is 6.01 Å². The Kier molecular flexibility index (Phi) is 3.13. The summed E-state index contributed by atoms with van der Waals surface area (Å²) in [7, 11) is 0. The molecule has 0 amide bonds. The molecule has 1 aromatic rings. The molecule has 0 aliphatic rings. The number of hydrogen-bond donors (Lipinski definition) is 1. The molecule has 4 nitrogen and oxygen atoms in total. The smallest absolute Gasteiger partial charge is 0.312 e. The van der Waals surface area contributed by atoms with Crippen molar-refractivity contribution < 1.29 is 4.42 Å². The van der Waals surface area contributed by atoms with E-state index in [4.69, 9.17) is 10.2 Å². The molecule has 0 aromatic carbocycles. The summed E-state index contributed by atoms with van der Waals surface area (Å²) in [5, 5.41) is 7.47. The third-order valence-corrected chi connectivity index (χ3v) is 1.97. The first-order valence-electron chi connectivity index (χ1n) is 4.95. The van der Waals surface area contributed by atoms with Gasteiger partial charge in [-0.15, -0.1) is 5.10 Å². The molecule has 1 rings (SSSR count). The van der Waals surface area contributed by atoms with Crippen molar-refractivity contribution in [2.75, 3.05) is 5.73 Å². The maximum Gasteiger partial charge on any atom is 0.312 e. The van der Waals surface area contributed by atoms with Crippen LogP contribution in [0.4, 0.5) is 6.01 Å². The van der Waals surface area contributed by atoms with Gasteiger partial charge in [-0.3, -0.25) is 0 Å². The minimum Gasteiger partial charge on any atom is -0.408 e. The van der Waals surface area contributed by atoms with Gasteiger partial charge in [-0.1, -0.05) is 32.8 Å². The van der Waals surface area contributed by atoms with E-state index in [1.807, 2.05) is 0 Å². The molecule has 0 aliphatic carbocycles. The van der Waals surface area contributed by atoms with Gasteiger partial charge in [-0.05, 0) is 17.8 Å². The van der Waals surface area contributed by atoms with Gasteiger partial charge in [-0.2, -0.15) is 0 Å². The third kappa shape index (κ3) is 3.77. The molecule has 0 fully saturated rings. The molecule has 4 heteroatoms. The van der Waals surface area contributed by atoms with Gasteiger partial charge in [-0.25, -0.2) is 0 Å². The number of nitrogens with zero attached hydrogens (tertiary/aromatic N) is 2. The summed E-state index contributed by atoms with van der Waals surface area (Å²) < 4.78 is 5.12. The summed E-state index contributed by atoms with van der Waals surface area (Å²) in [5.41, 5.74) is 5.68. The van der Waals surface area contributed by atoms with E-state index in [0.717, 1.165) is 12.8 Å². The van der Waals surface area contributed by atoms with Gasteiger partial charge in [0.05, 0.1) is 0 Å². The Morgan fingerprint density at radius 3 is 2.43 bits per heavy atom. The van der Waals surface area contributed by atoms with Crippen molar-refractivity contribution in [3.8, 4) is 0 Å². The Bertz CT molecular complexity index is 288. The van der Waals surface area contributed by atoms with Crippen LogP contribution >= 0.6 is 0 Å². The fraction of sp³-hybridized carbons (Fsp3) is 0.800. The molecule has 2 N–H and O–H groups in total. The summed E-state index contributed by atoms with van der Waals surface area (Å²) >= 11 is 0. The van der Waals surface area contributed by atoms with Gasteiger partial charge < -0.3 is 10.2 Å². The molecule has 0 saturated heterocycles. The lowest BCUT2D eigenvalue weighted by Crippen LogP contribution is -2.12. The number of hydrogen-bond acceptors (Lipinski definition) is 4. The number of anilines is 1. The maximum absolute atomic E-state index is 5.34. The molecule has 80 valence electrons. The van der Waals surface area contributed by atoms with Gasteiger partial charge in [0.1, 0.15) is 0 Å². The lowest BCUT2D eigenvalue weighted by atomic mass is 9.84. The van der Waals surface area contributed by atoms with Gasteiger partial charge in [0.2, 0.25) is 5.89 Å². The van der Waals surface area contributed by atoms with Crippen LogP contribution in [0.5, 0.6) is 0 Å². The van der Waals surface area contributed by atoms with Crippen molar-refractivity contribution in [3.63, 3.8) is 0 Å². The van der Waals surface area contributed by atoms with Crippen LogP contribution in [0.25, 0.3) is 0 Å². The lowest BCUT2D eigenvalue weighted by Gasteiger charge is -2.22. The zero-order valence-electron chi connectivity index (χ0n) is 9.37. The van der Waals surface area contributed by atoms with Gasteiger partial charge >= 0.3 is 6.01 Å². The van der Waals surface area contributed by atoms with Crippen LogP contribution in [0, 0.1) is 11.3 Å². The highest BCUT2D eigenvalue weighted by Gasteiger charge is 2.17. The average Bonchev–Trinajstić information content (AvgIpc) is 2.30. The van der Waals surface area contributed by atoms with E-state index in [9.17, 15) is 0 Å². The first kappa shape index (κ1) is 11.0. The van der Waals surface area contributed by atoms with Crippen LogP contribution in [0.2, 0.25) is 0 Å². The first-order chi connectivity index (χ1) is 6.37.